The Labute approximate surface area is 117 Å². The number of benzene rings is 2. The Hall–Kier alpha value is -2.55. The molecule has 0 fully saturated rings. The lowest BCUT2D eigenvalue weighted by atomic mass is 10.1. The molecule has 0 spiro atoms. The second-order valence-corrected chi connectivity index (χ2v) is 5.01. The fraction of sp³-hybridized carbons (Fsp3) is 0.118. The summed E-state index contributed by atoms with van der Waals surface area (Å²) < 4.78 is 2.18. The lowest BCUT2D eigenvalue weighted by Gasteiger charge is -2.07. The quantitative estimate of drug-likeness (QED) is 0.784. The third-order valence-corrected chi connectivity index (χ3v) is 3.48. The maximum atomic E-state index is 10.8. The summed E-state index contributed by atoms with van der Waals surface area (Å²) in [6, 6.07) is 15.5. The monoisotopic (exact) mass is 265 g/mol. The number of hydrogen-bond donors (Lipinski definition) is 1. The number of aryl methyl sites for hydroxylation is 1. The predicted molar refractivity (Wildman–Crippen MR) is 79.2 cm³/mol. The van der Waals surface area contributed by atoms with Crippen LogP contribution in [0.1, 0.15) is 21.5 Å². The van der Waals surface area contributed by atoms with Crippen molar-refractivity contribution in [1.82, 2.24) is 4.57 Å². The van der Waals surface area contributed by atoms with Gasteiger partial charge in [-0.25, -0.2) is 4.79 Å². The molecule has 1 heterocycles. The van der Waals surface area contributed by atoms with Gasteiger partial charge in [-0.15, -0.1) is 0 Å². The molecule has 1 N–H and O–H groups in total. The van der Waals surface area contributed by atoms with E-state index in [2.05, 4.69) is 42.0 Å². The van der Waals surface area contributed by atoms with Crippen LogP contribution in [0.5, 0.6) is 0 Å². The average Bonchev–Trinajstić information content (AvgIpc) is 2.82. The van der Waals surface area contributed by atoms with Crippen molar-refractivity contribution in [3.05, 3.63) is 71.4 Å². The number of fused-ring (bicyclic) bond motifs is 1. The third-order valence-electron chi connectivity index (χ3n) is 3.48. The first-order valence-corrected chi connectivity index (χ1v) is 6.51. The fourth-order valence-electron chi connectivity index (χ4n) is 2.38. The number of carboxylic acids is 1. The van der Waals surface area contributed by atoms with Crippen LogP contribution in [0.25, 0.3) is 10.9 Å². The molecular formula is C17H15NO2. The summed E-state index contributed by atoms with van der Waals surface area (Å²) in [5, 5.41) is 10.1. The van der Waals surface area contributed by atoms with Crippen LogP contribution in [0.15, 0.2) is 54.7 Å². The van der Waals surface area contributed by atoms with E-state index in [1.54, 1.807) is 12.1 Å². The molecule has 0 radical (unpaired) electrons. The van der Waals surface area contributed by atoms with E-state index in [0.29, 0.717) is 5.56 Å². The molecule has 0 bridgehead atoms. The zero-order valence-corrected chi connectivity index (χ0v) is 11.2. The molecular weight excluding hydrogens is 250 g/mol. The molecule has 0 aliphatic carbocycles. The van der Waals surface area contributed by atoms with Gasteiger partial charge < -0.3 is 9.67 Å². The highest BCUT2D eigenvalue weighted by Gasteiger charge is 2.04. The molecule has 0 aliphatic heterocycles. The van der Waals surface area contributed by atoms with Crippen molar-refractivity contribution in [3.63, 3.8) is 0 Å². The van der Waals surface area contributed by atoms with E-state index in [9.17, 15) is 4.79 Å². The van der Waals surface area contributed by atoms with Crippen molar-refractivity contribution < 1.29 is 9.90 Å². The summed E-state index contributed by atoms with van der Waals surface area (Å²) in [6.07, 6.45) is 2.06. The molecule has 0 saturated carbocycles. The Kier molecular flexibility index (Phi) is 3.03. The van der Waals surface area contributed by atoms with Crippen molar-refractivity contribution >= 4 is 16.9 Å². The molecule has 3 heteroatoms. The summed E-state index contributed by atoms with van der Waals surface area (Å²) in [6.45, 7) is 2.82. The Bertz CT molecular complexity index is 769. The largest absolute Gasteiger partial charge is 0.478 e. The van der Waals surface area contributed by atoms with Gasteiger partial charge in [0.15, 0.2) is 0 Å². The highest BCUT2D eigenvalue weighted by Crippen LogP contribution is 2.19. The van der Waals surface area contributed by atoms with Crippen molar-refractivity contribution in [3.8, 4) is 0 Å². The van der Waals surface area contributed by atoms with E-state index in [0.717, 1.165) is 12.1 Å². The Morgan fingerprint density at radius 3 is 2.55 bits per heavy atom. The molecule has 2 aromatic carbocycles. The van der Waals surface area contributed by atoms with E-state index < -0.39 is 5.97 Å². The Balaban J connectivity index is 1.92. The molecule has 20 heavy (non-hydrogen) atoms. The molecule has 0 atom stereocenters. The zero-order chi connectivity index (χ0) is 14.1. The predicted octanol–water partition coefficient (Wildman–Crippen LogP) is 3.70. The van der Waals surface area contributed by atoms with Crippen LogP contribution in [-0.4, -0.2) is 15.6 Å². The van der Waals surface area contributed by atoms with Crippen molar-refractivity contribution in [2.45, 2.75) is 13.5 Å². The Morgan fingerprint density at radius 2 is 1.85 bits per heavy atom. The topological polar surface area (TPSA) is 42.2 Å². The van der Waals surface area contributed by atoms with Crippen molar-refractivity contribution in [1.29, 1.82) is 0 Å². The molecule has 0 unspecified atom stereocenters. The van der Waals surface area contributed by atoms with Gasteiger partial charge in [-0.1, -0.05) is 24.3 Å². The first kappa shape index (κ1) is 12.5. The van der Waals surface area contributed by atoms with E-state index in [4.69, 9.17) is 5.11 Å². The van der Waals surface area contributed by atoms with Gasteiger partial charge >= 0.3 is 5.97 Å². The van der Waals surface area contributed by atoms with E-state index >= 15 is 0 Å². The maximum Gasteiger partial charge on any atom is 0.335 e. The van der Waals surface area contributed by atoms with Gasteiger partial charge in [-0.2, -0.15) is 0 Å². The summed E-state index contributed by atoms with van der Waals surface area (Å²) in [7, 11) is 0. The molecule has 3 aromatic rings. The minimum absolute atomic E-state index is 0.321. The summed E-state index contributed by atoms with van der Waals surface area (Å²) in [5.74, 6) is -0.890. The first-order valence-electron chi connectivity index (χ1n) is 6.51. The highest BCUT2D eigenvalue weighted by molar-refractivity contribution is 5.87. The van der Waals surface area contributed by atoms with Gasteiger partial charge in [0.05, 0.1) is 5.56 Å². The van der Waals surface area contributed by atoms with E-state index in [-0.39, 0.29) is 0 Å². The fourth-order valence-corrected chi connectivity index (χ4v) is 2.38. The van der Waals surface area contributed by atoms with Gasteiger partial charge in [-0.3, -0.25) is 0 Å². The zero-order valence-electron chi connectivity index (χ0n) is 11.2. The number of carboxylic acid groups (broad SMARTS) is 1. The van der Waals surface area contributed by atoms with E-state index in [1.165, 1.54) is 16.5 Å². The summed E-state index contributed by atoms with van der Waals surface area (Å²) >= 11 is 0. The van der Waals surface area contributed by atoms with Crippen LogP contribution < -0.4 is 0 Å². The summed E-state index contributed by atoms with van der Waals surface area (Å²) in [4.78, 5) is 10.8. The lowest BCUT2D eigenvalue weighted by Crippen LogP contribution is -2.00. The standard InChI is InChI=1S/C17H15NO2/c1-12-2-5-14-8-9-18(16(14)10-12)11-13-3-6-15(7-4-13)17(19)20/h2-10H,11H2,1H3,(H,19,20). The van der Waals surface area contributed by atoms with Crippen LogP contribution in [-0.2, 0) is 6.54 Å². The second kappa shape index (κ2) is 4.85. The minimum atomic E-state index is -0.890. The SMILES string of the molecule is Cc1ccc2ccn(Cc3ccc(C(=O)O)cc3)c2c1. The first-order chi connectivity index (χ1) is 9.63. The van der Waals surface area contributed by atoms with Gasteiger partial charge in [0.25, 0.3) is 0 Å². The Morgan fingerprint density at radius 1 is 1.10 bits per heavy atom. The second-order valence-electron chi connectivity index (χ2n) is 5.01. The highest BCUT2D eigenvalue weighted by atomic mass is 16.4. The van der Waals surface area contributed by atoms with Crippen LogP contribution >= 0.6 is 0 Å². The number of hydrogen-bond acceptors (Lipinski definition) is 1. The number of aromatic carboxylic acids is 1. The normalized spacial score (nSPS) is 10.8. The van der Waals surface area contributed by atoms with Gasteiger partial charge in [0.1, 0.15) is 0 Å². The third kappa shape index (κ3) is 2.30. The van der Waals surface area contributed by atoms with Crippen molar-refractivity contribution in [2.24, 2.45) is 0 Å². The van der Waals surface area contributed by atoms with Gasteiger partial charge in [-0.05, 0) is 47.7 Å². The molecule has 0 amide bonds. The molecule has 0 saturated heterocycles. The molecule has 1 aromatic heterocycles. The maximum absolute atomic E-state index is 10.8. The van der Waals surface area contributed by atoms with Gasteiger partial charge in [0, 0.05) is 18.3 Å². The summed E-state index contributed by atoms with van der Waals surface area (Å²) in [5.41, 5.74) is 3.85. The van der Waals surface area contributed by atoms with Crippen LogP contribution in [0.4, 0.5) is 0 Å². The molecule has 3 nitrogen and oxygen atoms in total. The van der Waals surface area contributed by atoms with Crippen LogP contribution in [0, 0.1) is 6.92 Å². The van der Waals surface area contributed by atoms with Gasteiger partial charge in [0.2, 0.25) is 0 Å². The minimum Gasteiger partial charge on any atom is -0.478 e. The van der Waals surface area contributed by atoms with E-state index in [1.807, 2.05) is 12.1 Å². The molecule has 3 rings (SSSR count). The number of rotatable bonds is 3. The van der Waals surface area contributed by atoms with Crippen LogP contribution in [0.3, 0.4) is 0 Å². The lowest BCUT2D eigenvalue weighted by molar-refractivity contribution is 0.0697. The number of carbonyl (C=O) groups is 1. The average molecular weight is 265 g/mol. The smallest absolute Gasteiger partial charge is 0.335 e. The number of aromatic nitrogens is 1. The van der Waals surface area contributed by atoms with Crippen molar-refractivity contribution in [2.75, 3.05) is 0 Å². The van der Waals surface area contributed by atoms with Crippen LogP contribution in [0.2, 0.25) is 0 Å². The molecule has 100 valence electrons. The molecule has 0 aliphatic rings. The number of nitrogens with zero attached hydrogens (tertiary/aromatic N) is 1.